The molecule has 2 heterocycles. The molecule has 3 rings (SSSR count). The number of unbranched alkanes of at least 4 members (excludes halogenated alkanes) is 3. The molecule has 0 bridgehead atoms. The molecular formula is C17H23NO3. The number of carbonyl (C=O) groups is 1. The van der Waals surface area contributed by atoms with E-state index < -0.39 is 5.79 Å². The van der Waals surface area contributed by atoms with Gasteiger partial charge in [-0.2, -0.15) is 0 Å². The molecule has 21 heavy (non-hydrogen) atoms. The van der Waals surface area contributed by atoms with Crippen LogP contribution in [0.3, 0.4) is 0 Å². The summed E-state index contributed by atoms with van der Waals surface area (Å²) in [4.78, 5) is 14.7. The maximum Gasteiger partial charge on any atom is 0.292 e. The number of anilines is 1. The Labute approximate surface area is 126 Å². The molecule has 0 radical (unpaired) electrons. The zero-order valence-corrected chi connectivity index (χ0v) is 12.9. The van der Waals surface area contributed by atoms with Gasteiger partial charge < -0.3 is 14.4 Å². The van der Waals surface area contributed by atoms with Gasteiger partial charge in [0.15, 0.2) is 0 Å². The number of benzene rings is 1. The Morgan fingerprint density at radius 2 is 1.95 bits per heavy atom. The summed E-state index contributed by atoms with van der Waals surface area (Å²) in [5, 5.41) is 0. The number of hydrogen-bond donors (Lipinski definition) is 0. The first-order valence-corrected chi connectivity index (χ1v) is 7.90. The number of ether oxygens (including phenoxy) is 2. The second-order valence-electron chi connectivity index (χ2n) is 5.80. The van der Waals surface area contributed by atoms with Gasteiger partial charge in [0.25, 0.3) is 11.7 Å². The highest BCUT2D eigenvalue weighted by Crippen LogP contribution is 2.47. The summed E-state index contributed by atoms with van der Waals surface area (Å²) in [7, 11) is 0. The average molecular weight is 289 g/mol. The normalized spacial score (nSPS) is 19.5. The molecule has 1 spiro atoms. The van der Waals surface area contributed by atoms with Crippen molar-refractivity contribution in [2.75, 3.05) is 24.7 Å². The minimum atomic E-state index is -1.17. The molecule has 0 aliphatic carbocycles. The fourth-order valence-corrected chi connectivity index (χ4v) is 3.28. The predicted molar refractivity (Wildman–Crippen MR) is 81.3 cm³/mol. The molecule has 0 N–H and O–H groups in total. The van der Waals surface area contributed by atoms with Gasteiger partial charge in [-0.25, -0.2) is 0 Å². The molecule has 0 aromatic heterocycles. The van der Waals surface area contributed by atoms with Crippen LogP contribution in [0.1, 0.15) is 43.7 Å². The number of nitrogens with zero attached hydrogens (tertiary/aromatic N) is 1. The smallest absolute Gasteiger partial charge is 0.292 e. The van der Waals surface area contributed by atoms with Crippen LogP contribution in [0.5, 0.6) is 0 Å². The van der Waals surface area contributed by atoms with Crippen molar-refractivity contribution in [2.24, 2.45) is 0 Å². The second kappa shape index (κ2) is 5.78. The predicted octanol–water partition coefficient (Wildman–Crippen LogP) is 3.12. The number of carbonyl (C=O) groups excluding carboxylic acids is 1. The Balaban J connectivity index is 1.90. The van der Waals surface area contributed by atoms with Crippen molar-refractivity contribution >= 4 is 11.6 Å². The quantitative estimate of drug-likeness (QED) is 0.782. The average Bonchev–Trinajstić information content (AvgIpc) is 3.05. The van der Waals surface area contributed by atoms with Crippen molar-refractivity contribution in [3.63, 3.8) is 0 Å². The van der Waals surface area contributed by atoms with E-state index in [-0.39, 0.29) is 5.91 Å². The van der Waals surface area contributed by atoms with Crippen molar-refractivity contribution in [3.05, 3.63) is 29.3 Å². The molecule has 0 atom stereocenters. The third kappa shape index (κ3) is 2.27. The molecule has 1 fully saturated rings. The fourth-order valence-electron chi connectivity index (χ4n) is 3.28. The van der Waals surface area contributed by atoms with E-state index in [1.165, 1.54) is 12.8 Å². The minimum Gasteiger partial charge on any atom is -0.336 e. The highest BCUT2D eigenvalue weighted by atomic mass is 16.7. The van der Waals surface area contributed by atoms with Crippen molar-refractivity contribution in [3.8, 4) is 0 Å². The van der Waals surface area contributed by atoms with E-state index in [1.54, 1.807) is 0 Å². The standard InChI is InChI=1S/C17H23NO3/c1-3-4-5-6-10-18-15-13(2)8-7-9-14(15)17(16(18)19)20-11-12-21-17/h7-9H,3-6,10-12H2,1-2H3. The zero-order valence-electron chi connectivity index (χ0n) is 12.9. The third-order valence-corrected chi connectivity index (χ3v) is 4.32. The van der Waals surface area contributed by atoms with Gasteiger partial charge in [0.2, 0.25) is 0 Å². The second-order valence-corrected chi connectivity index (χ2v) is 5.80. The summed E-state index contributed by atoms with van der Waals surface area (Å²) in [6.07, 6.45) is 4.57. The topological polar surface area (TPSA) is 38.8 Å². The number of para-hydroxylation sites is 1. The zero-order chi connectivity index (χ0) is 14.9. The lowest BCUT2D eigenvalue weighted by Crippen LogP contribution is -2.41. The Hall–Kier alpha value is -1.39. The Kier molecular flexibility index (Phi) is 4.00. The maximum absolute atomic E-state index is 12.9. The van der Waals surface area contributed by atoms with E-state index in [0.717, 1.165) is 36.2 Å². The number of aryl methyl sites for hydroxylation is 1. The first-order valence-electron chi connectivity index (χ1n) is 7.90. The van der Waals surface area contributed by atoms with Gasteiger partial charge in [0.1, 0.15) is 0 Å². The first kappa shape index (κ1) is 14.5. The molecule has 1 aromatic rings. The van der Waals surface area contributed by atoms with E-state index in [4.69, 9.17) is 9.47 Å². The van der Waals surface area contributed by atoms with Gasteiger partial charge in [-0.3, -0.25) is 4.79 Å². The third-order valence-electron chi connectivity index (χ3n) is 4.32. The summed E-state index contributed by atoms with van der Waals surface area (Å²) in [6.45, 7) is 5.92. The van der Waals surface area contributed by atoms with Crippen LogP contribution in [0.2, 0.25) is 0 Å². The molecule has 0 saturated carbocycles. The first-order chi connectivity index (χ1) is 10.2. The molecule has 114 valence electrons. The maximum atomic E-state index is 12.9. The van der Waals surface area contributed by atoms with E-state index in [0.29, 0.717) is 13.2 Å². The summed E-state index contributed by atoms with van der Waals surface area (Å²) in [5.41, 5.74) is 2.97. The van der Waals surface area contributed by atoms with E-state index >= 15 is 0 Å². The monoisotopic (exact) mass is 289 g/mol. The summed E-state index contributed by atoms with van der Waals surface area (Å²) < 4.78 is 11.5. The number of hydrogen-bond acceptors (Lipinski definition) is 3. The highest BCUT2D eigenvalue weighted by Gasteiger charge is 2.56. The molecular weight excluding hydrogens is 266 g/mol. The lowest BCUT2D eigenvalue weighted by atomic mass is 10.0. The summed E-state index contributed by atoms with van der Waals surface area (Å²) >= 11 is 0. The van der Waals surface area contributed by atoms with Gasteiger partial charge in [-0.05, 0) is 18.9 Å². The van der Waals surface area contributed by atoms with Crippen LogP contribution < -0.4 is 4.90 Å². The SMILES string of the molecule is CCCCCCN1C(=O)C2(OCCO2)c2cccc(C)c21. The van der Waals surface area contributed by atoms with Crippen LogP contribution in [-0.4, -0.2) is 25.7 Å². The molecule has 2 aliphatic rings. The van der Waals surface area contributed by atoms with Gasteiger partial charge in [-0.15, -0.1) is 0 Å². The van der Waals surface area contributed by atoms with Crippen molar-refractivity contribution in [1.82, 2.24) is 0 Å². The van der Waals surface area contributed by atoms with Gasteiger partial charge in [0.05, 0.1) is 18.9 Å². The number of rotatable bonds is 5. The van der Waals surface area contributed by atoms with Crippen molar-refractivity contribution in [1.29, 1.82) is 0 Å². The van der Waals surface area contributed by atoms with Gasteiger partial charge in [0, 0.05) is 12.1 Å². The van der Waals surface area contributed by atoms with E-state index in [2.05, 4.69) is 6.92 Å². The summed E-state index contributed by atoms with van der Waals surface area (Å²) in [6, 6.07) is 5.96. The fraction of sp³-hybridized carbons (Fsp3) is 0.588. The number of fused-ring (bicyclic) bond motifs is 2. The van der Waals surface area contributed by atoms with Crippen LogP contribution in [0, 0.1) is 6.92 Å². The largest absolute Gasteiger partial charge is 0.336 e. The van der Waals surface area contributed by atoms with Crippen LogP contribution in [0.25, 0.3) is 0 Å². The summed E-state index contributed by atoms with van der Waals surface area (Å²) in [5.74, 6) is -1.23. The lowest BCUT2D eigenvalue weighted by Gasteiger charge is -2.22. The van der Waals surface area contributed by atoms with Crippen molar-refractivity contribution < 1.29 is 14.3 Å². The van der Waals surface area contributed by atoms with E-state index in [1.807, 2.05) is 30.0 Å². The molecule has 1 saturated heterocycles. The van der Waals surface area contributed by atoms with Crippen molar-refractivity contribution in [2.45, 2.75) is 45.3 Å². The molecule has 2 aliphatic heterocycles. The Morgan fingerprint density at radius 3 is 2.67 bits per heavy atom. The van der Waals surface area contributed by atoms with Crippen LogP contribution in [0.4, 0.5) is 5.69 Å². The number of amides is 1. The van der Waals surface area contributed by atoms with Gasteiger partial charge in [-0.1, -0.05) is 44.4 Å². The van der Waals surface area contributed by atoms with Crippen LogP contribution >= 0.6 is 0 Å². The molecule has 1 amide bonds. The molecule has 1 aromatic carbocycles. The van der Waals surface area contributed by atoms with Crippen LogP contribution in [-0.2, 0) is 20.1 Å². The Bertz CT molecular complexity index is 535. The van der Waals surface area contributed by atoms with Crippen LogP contribution in [0.15, 0.2) is 18.2 Å². The lowest BCUT2D eigenvalue weighted by molar-refractivity contribution is -0.180. The highest BCUT2D eigenvalue weighted by molar-refractivity contribution is 6.07. The molecule has 4 heteroatoms. The molecule has 4 nitrogen and oxygen atoms in total. The Morgan fingerprint density at radius 1 is 1.19 bits per heavy atom. The van der Waals surface area contributed by atoms with E-state index in [9.17, 15) is 4.79 Å². The van der Waals surface area contributed by atoms with Gasteiger partial charge >= 0.3 is 0 Å². The minimum absolute atomic E-state index is 0.0548. The molecule has 0 unspecified atom stereocenters.